The van der Waals surface area contributed by atoms with E-state index in [-0.39, 0.29) is 11.4 Å². The normalized spacial score (nSPS) is 17.1. The van der Waals surface area contributed by atoms with E-state index in [9.17, 15) is 4.79 Å². The molecule has 6 heteroatoms. The number of anilines is 1. The lowest BCUT2D eigenvalue weighted by Crippen LogP contribution is -2.57. The van der Waals surface area contributed by atoms with Gasteiger partial charge in [0.05, 0.1) is 5.69 Å². The molecular weight excluding hydrogens is 254 g/mol. The molecule has 0 unspecified atom stereocenters. The van der Waals surface area contributed by atoms with Crippen molar-refractivity contribution in [3.8, 4) is 0 Å². The van der Waals surface area contributed by atoms with E-state index in [1.165, 1.54) is 6.42 Å². The second-order valence-corrected chi connectivity index (χ2v) is 5.92. The Kier molecular flexibility index (Phi) is 4.04. The van der Waals surface area contributed by atoms with Crippen molar-refractivity contribution in [2.45, 2.75) is 38.3 Å². The molecule has 1 saturated carbocycles. The minimum Gasteiger partial charge on any atom is -0.396 e. The third kappa shape index (κ3) is 2.52. The van der Waals surface area contributed by atoms with Crippen LogP contribution < -0.4 is 5.73 Å². The molecule has 0 atom stereocenters. The number of hydrogen-bond acceptors (Lipinski definition) is 4. The zero-order chi connectivity index (χ0) is 14.9. The van der Waals surface area contributed by atoms with Crippen molar-refractivity contribution < 1.29 is 4.79 Å². The van der Waals surface area contributed by atoms with Gasteiger partial charge in [-0.15, -0.1) is 0 Å². The Morgan fingerprint density at radius 1 is 1.45 bits per heavy atom. The van der Waals surface area contributed by atoms with Crippen molar-refractivity contribution in [3.05, 3.63) is 11.9 Å². The van der Waals surface area contributed by atoms with E-state index in [2.05, 4.69) is 24.1 Å². The molecule has 1 aromatic rings. The zero-order valence-corrected chi connectivity index (χ0v) is 12.9. The molecule has 20 heavy (non-hydrogen) atoms. The molecule has 1 aliphatic carbocycles. The van der Waals surface area contributed by atoms with Crippen LogP contribution in [0.2, 0.25) is 0 Å². The van der Waals surface area contributed by atoms with Crippen molar-refractivity contribution in [3.63, 3.8) is 0 Å². The smallest absolute Gasteiger partial charge is 0.276 e. The zero-order valence-electron chi connectivity index (χ0n) is 12.9. The molecule has 2 N–H and O–H groups in total. The lowest BCUT2D eigenvalue weighted by molar-refractivity contribution is 0.0250. The van der Waals surface area contributed by atoms with Gasteiger partial charge in [-0.1, -0.05) is 0 Å². The third-order valence-corrected chi connectivity index (χ3v) is 4.43. The lowest BCUT2D eigenvalue weighted by atomic mass is 9.75. The highest BCUT2D eigenvalue weighted by Crippen LogP contribution is 2.36. The van der Waals surface area contributed by atoms with Crippen LogP contribution >= 0.6 is 0 Å². The lowest BCUT2D eigenvalue weighted by Gasteiger charge is -2.49. The molecule has 1 aliphatic rings. The number of amides is 1. The van der Waals surface area contributed by atoms with Crippen LogP contribution in [0, 0.1) is 0 Å². The number of rotatable bonds is 5. The highest BCUT2D eigenvalue weighted by molar-refractivity contribution is 5.96. The standard InChI is InChI=1S/C14H25N5O/c1-5-19-9-11(15)12(16-19)13(20)18(4)10-14(17(2)3)7-6-8-14/h9H,5-8,10,15H2,1-4H3. The van der Waals surface area contributed by atoms with Gasteiger partial charge in [-0.3, -0.25) is 9.48 Å². The van der Waals surface area contributed by atoms with Crippen LogP contribution in [-0.2, 0) is 6.54 Å². The topological polar surface area (TPSA) is 67.4 Å². The molecule has 2 rings (SSSR count). The fourth-order valence-electron chi connectivity index (χ4n) is 2.79. The fraction of sp³-hybridized carbons (Fsp3) is 0.714. The number of hydrogen-bond donors (Lipinski definition) is 1. The minimum absolute atomic E-state index is 0.0946. The van der Waals surface area contributed by atoms with Gasteiger partial charge in [0.2, 0.25) is 0 Å². The van der Waals surface area contributed by atoms with Crippen LogP contribution in [0.25, 0.3) is 0 Å². The first-order valence-corrected chi connectivity index (χ1v) is 7.15. The Balaban J connectivity index is 2.10. The van der Waals surface area contributed by atoms with E-state index in [4.69, 9.17) is 5.73 Å². The SMILES string of the molecule is CCn1cc(N)c(C(=O)N(C)CC2(N(C)C)CCC2)n1. The Bertz CT molecular complexity index is 490. The summed E-state index contributed by atoms with van der Waals surface area (Å²) in [7, 11) is 5.99. The summed E-state index contributed by atoms with van der Waals surface area (Å²) in [4.78, 5) is 16.5. The maximum atomic E-state index is 12.5. The number of aryl methyl sites for hydroxylation is 1. The van der Waals surface area contributed by atoms with Crippen LogP contribution in [0.15, 0.2) is 6.20 Å². The maximum absolute atomic E-state index is 12.5. The van der Waals surface area contributed by atoms with E-state index in [1.54, 1.807) is 15.8 Å². The molecule has 0 aromatic carbocycles. The molecule has 0 aliphatic heterocycles. The minimum atomic E-state index is -0.0946. The first-order valence-electron chi connectivity index (χ1n) is 7.15. The Labute approximate surface area is 120 Å². The number of likely N-dealkylation sites (N-methyl/N-ethyl adjacent to an activating group) is 2. The van der Waals surface area contributed by atoms with Crippen molar-refractivity contribution >= 4 is 11.6 Å². The Morgan fingerprint density at radius 3 is 2.50 bits per heavy atom. The number of nitrogen functional groups attached to an aromatic ring is 1. The summed E-state index contributed by atoms with van der Waals surface area (Å²) < 4.78 is 1.70. The van der Waals surface area contributed by atoms with Crippen molar-refractivity contribution in [1.29, 1.82) is 0 Å². The first kappa shape index (κ1) is 14.8. The molecule has 0 bridgehead atoms. The Morgan fingerprint density at radius 2 is 2.10 bits per heavy atom. The number of carbonyl (C=O) groups excluding carboxylic acids is 1. The predicted molar refractivity (Wildman–Crippen MR) is 79.5 cm³/mol. The fourth-order valence-corrected chi connectivity index (χ4v) is 2.79. The molecule has 1 fully saturated rings. The summed E-state index contributed by atoms with van der Waals surface area (Å²) >= 11 is 0. The van der Waals surface area contributed by atoms with Crippen LogP contribution in [-0.4, -0.2) is 58.7 Å². The van der Waals surface area contributed by atoms with Gasteiger partial charge in [-0.2, -0.15) is 5.10 Å². The third-order valence-electron chi connectivity index (χ3n) is 4.43. The van der Waals surface area contributed by atoms with Gasteiger partial charge in [0, 0.05) is 31.9 Å². The van der Waals surface area contributed by atoms with Crippen LogP contribution in [0.1, 0.15) is 36.7 Å². The summed E-state index contributed by atoms with van der Waals surface area (Å²) in [5, 5.41) is 4.25. The molecule has 0 spiro atoms. The molecule has 112 valence electrons. The Hall–Kier alpha value is -1.56. The van der Waals surface area contributed by atoms with E-state index in [0.29, 0.717) is 17.9 Å². The number of aromatic nitrogens is 2. The quantitative estimate of drug-likeness (QED) is 0.874. The largest absolute Gasteiger partial charge is 0.396 e. The van der Waals surface area contributed by atoms with Gasteiger partial charge >= 0.3 is 0 Å². The summed E-state index contributed by atoms with van der Waals surface area (Å²) in [6.07, 6.45) is 5.21. The van der Waals surface area contributed by atoms with Crippen molar-refractivity contribution in [1.82, 2.24) is 19.6 Å². The van der Waals surface area contributed by atoms with E-state index >= 15 is 0 Å². The molecule has 1 heterocycles. The van der Waals surface area contributed by atoms with E-state index < -0.39 is 0 Å². The summed E-state index contributed by atoms with van der Waals surface area (Å²) in [6.45, 7) is 3.40. The van der Waals surface area contributed by atoms with Gasteiger partial charge in [-0.25, -0.2) is 0 Å². The van der Waals surface area contributed by atoms with Gasteiger partial charge < -0.3 is 15.5 Å². The highest BCUT2D eigenvalue weighted by atomic mass is 16.2. The van der Waals surface area contributed by atoms with Crippen molar-refractivity contribution in [2.24, 2.45) is 0 Å². The second-order valence-electron chi connectivity index (χ2n) is 5.92. The van der Waals surface area contributed by atoms with E-state index in [0.717, 1.165) is 19.4 Å². The molecule has 0 radical (unpaired) electrons. The van der Waals surface area contributed by atoms with Gasteiger partial charge in [0.1, 0.15) is 0 Å². The van der Waals surface area contributed by atoms with Crippen LogP contribution in [0.5, 0.6) is 0 Å². The maximum Gasteiger partial charge on any atom is 0.276 e. The van der Waals surface area contributed by atoms with Gasteiger partial charge in [0.25, 0.3) is 5.91 Å². The van der Waals surface area contributed by atoms with Crippen LogP contribution in [0.4, 0.5) is 5.69 Å². The molecule has 1 amide bonds. The first-order chi connectivity index (χ1) is 9.39. The van der Waals surface area contributed by atoms with Crippen LogP contribution in [0.3, 0.4) is 0 Å². The summed E-state index contributed by atoms with van der Waals surface area (Å²) in [5.41, 5.74) is 6.82. The average Bonchev–Trinajstić information content (AvgIpc) is 2.73. The predicted octanol–water partition coefficient (Wildman–Crippen LogP) is 1.04. The van der Waals surface area contributed by atoms with Crippen molar-refractivity contribution in [2.75, 3.05) is 33.4 Å². The number of nitrogens with two attached hydrogens (primary N) is 1. The van der Waals surface area contributed by atoms with Gasteiger partial charge in [-0.05, 0) is 40.3 Å². The average molecular weight is 279 g/mol. The van der Waals surface area contributed by atoms with Gasteiger partial charge in [0.15, 0.2) is 5.69 Å². The molecule has 1 aromatic heterocycles. The molecule has 6 nitrogen and oxygen atoms in total. The number of nitrogens with zero attached hydrogens (tertiary/aromatic N) is 4. The second kappa shape index (κ2) is 5.44. The monoisotopic (exact) mass is 279 g/mol. The molecular formula is C14H25N5O. The highest BCUT2D eigenvalue weighted by Gasteiger charge is 2.41. The number of carbonyl (C=O) groups is 1. The summed E-state index contributed by atoms with van der Waals surface area (Å²) in [5.74, 6) is -0.0946. The molecule has 0 saturated heterocycles. The summed E-state index contributed by atoms with van der Waals surface area (Å²) in [6, 6.07) is 0. The van der Waals surface area contributed by atoms with E-state index in [1.807, 2.05) is 14.0 Å².